The van der Waals surface area contributed by atoms with Gasteiger partial charge in [0.1, 0.15) is 0 Å². The molecule has 0 fully saturated rings. The largest absolute Gasteiger partial charge is 0.490 e. The normalized spacial score (nSPS) is 12.4. The summed E-state index contributed by atoms with van der Waals surface area (Å²) in [6, 6.07) is 0. The first kappa shape index (κ1) is 34.6. The quantitative estimate of drug-likeness (QED) is 0.402. The highest BCUT2D eigenvalue weighted by molar-refractivity contribution is 7.85. The fourth-order valence-corrected chi connectivity index (χ4v) is 1.29. The second-order valence-electron chi connectivity index (χ2n) is 4.39. The van der Waals surface area contributed by atoms with Crippen molar-refractivity contribution < 1.29 is 81.4 Å². The van der Waals surface area contributed by atoms with Gasteiger partial charge >= 0.3 is 36.1 Å². The van der Waals surface area contributed by atoms with Gasteiger partial charge in [0.05, 0.1) is 5.75 Å². The highest BCUT2D eigenvalue weighted by Crippen LogP contribution is 2.46. The van der Waals surface area contributed by atoms with Gasteiger partial charge in [0.15, 0.2) is 0 Å². The molecule has 178 valence electrons. The fourth-order valence-electron chi connectivity index (χ4n) is 0.639. The number of alkyl halides is 10. The average Bonchev–Trinajstić information content (AvgIpc) is 2.43. The number of carbonyl (C=O) groups is 2. The topological polar surface area (TPSA) is 129 Å². The average molecular weight is 486 g/mol. The van der Waals surface area contributed by atoms with Gasteiger partial charge in [0.2, 0.25) is 0 Å². The first-order chi connectivity index (χ1) is 11.9. The molecule has 29 heavy (non-hydrogen) atoms. The summed E-state index contributed by atoms with van der Waals surface area (Å²) in [7, 11) is -3.69. The zero-order valence-electron chi connectivity index (χ0n) is 13.7. The zero-order valence-corrected chi connectivity index (χ0v) is 14.5. The van der Waals surface area contributed by atoms with Crippen LogP contribution in [0.2, 0.25) is 0 Å². The molecule has 7 nitrogen and oxygen atoms in total. The SMILES string of the molecule is CCCCS(=O)(=O)O.F.O=C(O)C(F)(F)C(F)(F)C(F)(F)F.O=C(O)C(F)(F)F. The lowest BCUT2D eigenvalue weighted by atomic mass is 10.1. The summed E-state index contributed by atoms with van der Waals surface area (Å²) in [4.78, 5) is 18.3. The Labute approximate surface area is 154 Å². The standard InChI is InChI=1S/C4HF7O2.C4H10O3S.C2HF3O2.FH/c5-2(6,1(12)13)3(7,8)4(9,10)11;1-2-3-4-8(5,6)7;3-2(4,5)1(6)7;/h(H,12,13);2-4H2,1H3,(H,5,6,7);(H,6,7);1H. The van der Waals surface area contributed by atoms with Gasteiger partial charge < -0.3 is 10.2 Å². The Kier molecular flexibility index (Phi) is 14.2. The first-order valence-electron chi connectivity index (χ1n) is 6.26. The predicted molar refractivity (Wildman–Crippen MR) is 71.1 cm³/mol. The van der Waals surface area contributed by atoms with Crippen molar-refractivity contribution in [1.29, 1.82) is 0 Å². The maximum Gasteiger partial charge on any atom is 0.490 e. The second kappa shape index (κ2) is 11.9. The van der Waals surface area contributed by atoms with E-state index in [9.17, 15) is 57.1 Å². The highest BCUT2D eigenvalue weighted by atomic mass is 32.2. The zero-order chi connectivity index (χ0) is 23.8. The van der Waals surface area contributed by atoms with Gasteiger partial charge in [0.25, 0.3) is 10.1 Å². The lowest BCUT2D eigenvalue weighted by molar-refractivity contribution is -0.347. The molecule has 3 N–H and O–H groups in total. The Hall–Kier alpha value is -1.92. The molecule has 0 amide bonds. The third-order valence-corrected chi connectivity index (χ3v) is 2.82. The van der Waals surface area contributed by atoms with Crippen molar-refractivity contribution >= 4 is 22.1 Å². The molecule has 0 aromatic carbocycles. The van der Waals surface area contributed by atoms with Crippen LogP contribution < -0.4 is 0 Å². The number of hydrogen-bond donors (Lipinski definition) is 3. The van der Waals surface area contributed by atoms with Gasteiger partial charge in [-0.15, -0.1) is 0 Å². The molecule has 0 aliphatic carbocycles. The molecule has 0 saturated carbocycles. The van der Waals surface area contributed by atoms with Crippen molar-refractivity contribution in [2.24, 2.45) is 0 Å². The molecule has 0 spiro atoms. The second-order valence-corrected chi connectivity index (χ2v) is 5.97. The van der Waals surface area contributed by atoms with Gasteiger partial charge in [-0.2, -0.15) is 52.3 Å². The molecule has 0 saturated heterocycles. The van der Waals surface area contributed by atoms with Crippen LogP contribution in [-0.2, 0) is 19.7 Å². The summed E-state index contributed by atoms with van der Waals surface area (Å²) in [5.74, 6) is -19.1. The number of halogens is 11. The summed E-state index contributed by atoms with van der Waals surface area (Å²) in [6.45, 7) is 1.87. The smallest absolute Gasteiger partial charge is 0.477 e. The van der Waals surface area contributed by atoms with E-state index in [0.29, 0.717) is 6.42 Å². The van der Waals surface area contributed by atoms with E-state index in [1.165, 1.54) is 0 Å². The highest BCUT2D eigenvalue weighted by Gasteiger charge is 2.76. The summed E-state index contributed by atoms with van der Waals surface area (Å²) in [5, 5.41) is 14.5. The van der Waals surface area contributed by atoms with Crippen LogP contribution in [0.3, 0.4) is 0 Å². The van der Waals surface area contributed by atoms with E-state index in [4.69, 9.17) is 19.6 Å². The van der Waals surface area contributed by atoms with Crippen molar-refractivity contribution in [3.63, 3.8) is 0 Å². The Morgan fingerprint density at radius 1 is 0.828 bits per heavy atom. The van der Waals surface area contributed by atoms with Crippen molar-refractivity contribution in [3.8, 4) is 0 Å². The van der Waals surface area contributed by atoms with Crippen LogP contribution >= 0.6 is 0 Å². The van der Waals surface area contributed by atoms with Crippen molar-refractivity contribution in [2.45, 2.75) is 44.0 Å². The Balaban J connectivity index is -0.000000170. The van der Waals surface area contributed by atoms with Crippen LogP contribution in [0.15, 0.2) is 0 Å². The van der Waals surface area contributed by atoms with Gasteiger partial charge in [-0.3, -0.25) is 9.26 Å². The number of rotatable bonds is 5. The molecule has 0 bridgehead atoms. The van der Waals surface area contributed by atoms with E-state index in [-0.39, 0.29) is 10.5 Å². The molecule has 0 radical (unpaired) electrons. The maximum absolute atomic E-state index is 11.8. The number of carboxylic acid groups (broad SMARTS) is 2. The molecule has 0 aliphatic rings. The van der Waals surface area contributed by atoms with Crippen molar-refractivity contribution in [1.82, 2.24) is 0 Å². The van der Waals surface area contributed by atoms with Gasteiger partial charge in [-0.05, 0) is 6.42 Å². The van der Waals surface area contributed by atoms with E-state index >= 15 is 0 Å². The fraction of sp³-hybridized carbons (Fsp3) is 0.800. The number of aliphatic carboxylic acids is 2. The van der Waals surface area contributed by atoms with E-state index in [1.807, 2.05) is 6.92 Å². The number of carboxylic acids is 2. The molecule has 0 unspecified atom stereocenters. The molecule has 0 rings (SSSR count). The molecule has 0 atom stereocenters. The van der Waals surface area contributed by atoms with Crippen LogP contribution in [0.1, 0.15) is 19.8 Å². The monoisotopic (exact) mass is 486 g/mol. The lowest BCUT2D eigenvalue weighted by Crippen LogP contribution is -2.56. The molecule has 0 aromatic heterocycles. The Morgan fingerprint density at radius 3 is 1.21 bits per heavy atom. The third-order valence-electron chi connectivity index (χ3n) is 2.02. The van der Waals surface area contributed by atoms with Crippen LogP contribution in [0, 0.1) is 0 Å². The summed E-state index contributed by atoms with van der Waals surface area (Å²) in [6.07, 6.45) is -10.4. The minimum absolute atomic E-state index is 0. The van der Waals surface area contributed by atoms with E-state index < -0.39 is 46.3 Å². The van der Waals surface area contributed by atoms with Crippen LogP contribution in [0.25, 0.3) is 0 Å². The van der Waals surface area contributed by atoms with Crippen LogP contribution in [0.5, 0.6) is 0 Å². The molecule has 0 aromatic rings. The predicted octanol–water partition coefficient (Wildman–Crippen LogP) is 3.36. The van der Waals surface area contributed by atoms with Crippen LogP contribution in [0.4, 0.5) is 48.6 Å². The van der Waals surface area contributed by atoms with Gasteiger partial charge in [-0.25, -0.2) is 9.59 Å². The molecular weight excluding hydrogens is 473 g/mol. The molecular formula is C10H13F11O7S. The molecule has 0 heterocycles. The number of unbranched alkanes of at least 4 members (excludes halogenated alkanes) is 1. The van der Waals surface area contributed by atoms with Crippen molar-refractivity contribution in [3.05, 3.63) is 0 Å². The summed E-state index contributed by atoms with van der Waals surface area (Å²) in [5.41, 5.74) is 0. The number of hydrogen-bond acceptors (Lipinski definition) is 4. The summed E-state index contributed by atoms with van der Waals surface area (Å²) < 4.78 is 140. The minimum Gasteiger partial charge on any atom is -0.477 e. The van der Waals surface area contributed by atoms with E-state index in [1.54, 1.807) is 0 Å². The van der Waals surface area contributed by atoms with E-state index in [0.717, 1.165) is 6.42 Å². The maximum atomic E-state index is 11.8. The van der Waals surface area contributed by atoms with Gasteiger partial charge in [-0.1, -0.05) is 13.3 Å². The molecule has 0 aliphatic heterocycles. The van der Waals surface area contributed by atoms with Gasteiger partial charge in [0, 0.05) is 0 Å². The lowest BCUT2D eigenvalue weighted by Gasteiger charge is -2.24. The Morgan fingerprint density at radius 2 is 1.14 bits per heavy atom. The first-order valence-corrected chi connectivity index (χ1v) is 7.87. The summed E-state index contributed by atoms with van der Waals surface area (Å²) >= 11 is 0. The van der Waals surface area contributed by atoms with Crippen molar-refractivity contribution in [2.75, 3.05) is 5.75 Å². The Bertz CT molecular complexity index is 610. The third kappa shape index (κ3) is 13.8. The van der Waals surface area contributed by atoms with Crippen LogP contribution in [-0.4, -0.2) is 65.1 Å². The minimum atomic E-state index is -6.60. The molecule has 19 heteroatoms. The van der Waals surface area contributed by atoms with E-state index in [2.05, 4.69) is 0 Å².